The van der Waals surface area contributed by atoms with Gasteiger partial charge >= 0.3 is 11.9 Å². The molecule has 0 aliphatic carbocycles. The zero-order chi connectivity index (χ0) is 16.1. The van der Waals surface area contributed by atoms with Crippen LogP contribution in [0.1, 0.15) is 52.4 Å². The van der Waals surface area contributed by atoms with Gasteiger partial charge in [-0.2, -0.15) is 25.3 Å². The van der Waals surface area contributed by atoms with Gasteiger partial charge in [-0.05, 0) is 12.8 Å². The molecule has 0 heterocycles. The number of unbranched alkanes of at least 4 members (excludes halogenated alkanes) is 1. The predicted molar refractivity (Wildman–Crippen MR) is 91.1 cm³/mol. The molecule has 0 fully saturated rings. The van der Waals surface area contributed by atoms with Gasteiger partial charge in [-0.1, -0.05) is 26.7 Å². The van der Waals surface area contributed by atoms with Crippen molar-refractivity contribution < 1.29 is 19.1 Å². The molecule has 0 saturated carbocycles. The average molecular weight is 337 g/mol. The molecule has 0 aliphatic heterocycles. The summed E-state index contributed by atoms with van der Waals surface area (Å²) in [6.45, 7) is 4.74. The van der Waals surface area contributed by atoms with Crippen LogP contribution in [-0.2, 0) is 19.1 Å². The first-order chi connectivity index (χ1) is 10.0. The van der Waals surface area contributed by atoms with E-state index in [1.165, 1.54) is 0 Å². The highest BCUT2D eigenvalue weighted by molar-refractivity contribution is 7.80. The lowest BCUT2D eigenvalue weighted by molar-refractivity contribution is -0.154. The molecule has 0 spiro atoms. The minimum absolute atomic E-state index is 0.249. The lowest BCUT2D eigenvalue weighted by Gasteiger charge is -2.31. The second-order valence-corrected chi connectivity index (χ2v) is 6.12. The van der Waals surface area contributed by atoms with E-state index in [4.69, 9.17) is 9.47 Å². The van der Waals surface area contributed by atoms with Gasteiger partial charge < -0.3 is 9.47 Å². The fourth-order valence-corrected chi connectivity index (χ4v) is 2.28. The van der Waals surface area contributed by atoms with Crippen molar-refractivity contribution in [1.29, 1.82) is 0 Å². The van der Waals surface area contributed by atoms with Crippen LogP contribution in [0.5, 0.6) is 0 Å². The van der Waals surface area contributed by atoms with Crippen LogP contribution in [-0.4, -0.2) is 36.7 Å². The molecule has 6 heteroatoms. The van der Waals surface area contributed by atoms with Crippen molar-refractivity contribution in [2.75, 3.05) is 24.7 Å². The molecule has 0 aromatic carbocycles. The number of rotatable bonds is 12. The van der Waals surface area contributed by atoms with Crippen molar-refractivity contribution in [3.05, 3.63) is 0 Å². The summed E-state index contributed by atoms with van der Waals surface area (Å²) in [7, 11) is 0. The summed E-state index contributed by atoms with van der Waals surface area (Å²) < 4.78 is 10.7. The van der Waals surface area contributed by atoms with E-state index in [1.54, 1.807) is 0 Å². The van der Waals surface area contributed by atoms with E-state index in [0.717, 1.165) is 25.7 Å². The first-order valence-corrected chi connectivity index (χ1v) is 8.83. The number of carbonyl (C=O) groups excluding carboxylic acids is 2. The summed E-state index contributed by atoms with van der Waals surface area (Å²) in [5.41, 5.74) is -0.283. The Morgan fingerprint density at radius 2 is 1.43 bits per heavy atom. The Morgan fingerprint density at radius 3 is 1.76 bits per heavy atom. The lowest BCUT2D eigenvalue weighted by atomic mass is 9.81. The van der Waals surface area contributed by atoms with Crippen molar-refractivity contribution >= 4 is 37.2 Å². The highest BCUT2D eigenvalue weighted by Gasteiger charge is 2.31. The van der Waals surface area contributed by atoms with Crippen LogP contribution in [0.4, 0.5) is 0 Å². The third-order valence-corrected chi connectivity index (χ3v) is 3.97. The Balaban J connectivity index is 4.57. The summed E-state index contributed by atoms with van der Waals surface area (Å²) in [5.74, 6) is 0.454. The van der Waals surface area contributed by atoms with Crippen molar-refractivity contribution in [2.24, 2.45) is 5.41 Å². The van der Waals surface area contributed by atoms with Crippen molar-refractivity contribution in [1.82, 2.24) is 0 Å². The minimum Gasteiger partial charge on any atom is -0.465 e. The van der Waals surface area contributed by atoms with E-state index >= 15 is 0 Å². The fourth-order valence-electron chi connectivity index (χ4n) is 1.91. The Morgan fingerprint density at radius 1 is 0.952 bits per heavy atom. The second kappa shape index (κ2) is 12.2. The van der Waals surface area contributed by atoms with E-state index in [-0.39, 0.29) is 17.4 Å². The van der Waals surface area contributed by atoms with Crippen molar-refractivity contribution in [2.45, 2.75) is 52.4 Å². The number of carbonyl (C=O) groups is 2. The minimum atomic E-state index is -0.283. The van der Waals surface area contributed by atoms with Gasteiger partial charge in [-0.25, -0.2) is 0 Å². The van der Waals surface area contributed by atoms with Gasteiger partial charge in [0.05, 0.1) is 12.8 Å². The molecule has 0 rings (SSSR count). The molecule has 0 amide bonds. The summed E-state index contributed by atoms with van der Waals surface area (Å²) in [5, 5.41) is 0. The van der Waals surface area contributed by atoms with Gasteiger partial charge in [0, 0.05) is 16.9 Å². The van der Waals surface area contributed by atoms with Crippen molar-refractivity contribution in [3.63, 3.8) is 0 Å². The summed E-state index contributed by atoms with van der Waals surface area (Å²) in [6, 6.07) is 0. The second-order valence-electron chi connectivity index (χ2n) is 5.23. The Labute approximate surface area is 139 Å². The summed E-state index contributed by atoms with van der Waals surface area (Å²) >= 11 is 8.04. The maximum Gasteiger partial charge on any atom is 0.306 e. The molecule has 0 atom stereocenters. The van der Waals surface area contributed by atoms with E-state index in [0.29, 0.717) is 37.6 Å². The maximum atomic E-state index is 11.5. The van der Waals surface area contributed by atoms with Crippen LogP contribution in [0.3, 0.4) is 0 Å². The Kier molecular flexibility index (Phi) is 12.0. The smallest absolute Gasteiger partial charge is 0.306 e. The van der Waals surface area contributed by atoms with Gasteiger partial charge in [0.2, 0.25) is 0 Å². The molecule has 0 aliphatic rings. The molecular formula is C15H28O4S2. The van der Waals surface area contributed by atoms with Crippen LogP contribution < -0.4 is 0 Å². The molecule has 0 radical (unpaired) electrons. The molecule has 0 aromatic rings. The normalized spacial score (nSPS) is 11.2. The van der Waals surface area contributed by atoms with E-state index < -0.39 is 0 Å². The third-order valence-electron chi connectivity index (χ3n) is 3.52. The Bertz CT molecular complexity index is 286. The fraction of sp³-hybridized carbons (Fsp3) is 0.867. The maximum absolute atomic E-state index is 11.5. The number of thiol groups is 2. The van der Waals surface area contributed by atoms with Gasteiger partial charge in [-0.15, -0.1) is 0 Å². The van der Waals surface area contributed by atoms with Crippen LogP contribution in [0, 0.1) is 5.41 Å². The van der Waals surface area contributed by atoms with E-state index in [9.17, 15) is 9.59 Å². The standard InChI is InChI=1S/C15H28O4S2/c1-3-5-8-15(4-2,11-18-13(16)6-9-20)12-19-14(17)7-10-21/h20-21H,3-12H2,1-2H3. The number of ether oxygens (including phenoxy) is 2. The molecule has 0 bridgehead atoms. The quantitative estimate of drug-likeness (QED) is 0.424. The largest absolute Gasteiger partial charge is 0.465 e. The molecule has 0 saturated heterocycles. The Hall–Kier alpha value is -0.360. The van der Waals surface area contributed by atoms with Gasteiger partial charge in [0.15, 0.2) is 0 Å². The molecular weight excluding hydrogens is 308 g/mol. The van der Waals surface area contributed by atoms with Crippen LogP contribution in [0.25, 0.3) is 0 Å². The van der Waals surface area contributed by atoms with Crippen LogP contribution >= 0.6 is 25.3 Å². The summed E-state index contributed by atoms with van der Waals surface area (Å²) in [4.78, 5) is 23.1. The molecule has 4 nitrogen and oxygen atoms in total. The third kappa shape index (κ3) is 9.30. The summed E-state index contributed by atoms with van der Waals surface area (Å²) in [6.07, 6.45) is 4.35. The molecule has 0 aromatic heterocycles. The van der Waals surface area contributed by atoms with Gasteiger partial charge in [0.1, 0.15) is 13.2 Å². The molecule has 124 valence electrons. The molecule has 0 N–H and O–H groups in total. The zero-order valence-electron chi connectivity index (χ0n) is 13.1. The van der Waals surface area contributed by atoms with Crippen LogP contribution in [0.2, 0.25) is 0 Å². The number of hydrogen-bond acceptors (Lipinski definition) is 6. The predicted octanol–water partition coefficient (Wildman–Crippen LogP) is 3.30. The monoisotopic (exact) mass is 336 g/mol. The van der Waals surface area contributed by atoms with E-state index in [1.807, 2.05) is 6.92 Å². The highest BCUT2D eigenvalue weighted by atomic mass is 32.1. The number of esters is 2. The van der Waals surface area contributed by atoms with Crippen LogP contribution in [0.15, 0.2) is 0 Å². The first kappa shape index (κ1) is 20.6. The zero-order valence-corrected chi connectivity index (χ0v) is 14.9. The van der Waals surface area contributed by atoms with Crippen molar-refractivity contribution in [3.8, 4) is 0 Å². The van der Waals surface area contributed by atoms with E-state index in [2.05, 4.69) is 32.2 Å². The topological polar surface area (TPSA) is 52.6 Å². The van der Waals surface area contributed by atoms with Gasteiger partial charge in [0.25, 0.3) is 0 Å². The number of hydrogen-bond donors (Lipinski definition) is 2. The van der Waals surface area contributed by atoms with Gasteiger partial charge in [-0.3, -0.25) is 9.59 Å². The molecule has 21 heavy (non-hydrogen) atoms. The first-order valence-electron chi connectivity index (χ1n) is 7.56. The lowest BCUT2D eigenvalue weighted by Crippen LogP contribution is -2.34. The average Bonchev–Trinajstić information content (AvgIpc) is 2.48. The highest BCUT2D eigenvalue weighted by Crippen LogP contribution is 2.30. The molecule has 0 unspecified atom stereocenters. The SMILES string of the molecule is CCCCC(CC)(COC(=O)CCS)COC(=O)CCS.